The van der Waals surface area contributed by atoms with Crippen LogP contribution in [-0.2, 0) is 4.74 Å². The Morgan fingerprint density at radius 2 is 1.96 bits per heavy atom. The Morgan fingerprint density at radius 1 is 1.18 bits per heavy atom. The highest BCUT2D eigenvalue weighted by Crippen LogP contribution is 2.31. The molecule has 2 N–H and O–H groups in total. The molecular weight excluding hydrogens is 382 g/mol. The third-order valence-corrected chi connectivity index (χ3v) is 4.15. The molecule has 144 valence electrons. The van der Waals surface area contributed by atoms with Crippen LogP contribution in [0.25, 0.3) is 11.3 Å². The Balaban J connectivity index is 2.02. The highest BCUT2D eigenvalue weighted by atomic mass is 35.5. The molecule has 0 aliphatic carbocycles. The van der Waals surface area contributed by atoms with Crippen LogP contribution in [0.1, 0.15) is 27.8 Å². The fourth-order valence-corrected chi connectivity index (χ4v) is 2.80. The van der Waals surface area contributed by atoms with E-state index in [1.165, 1.54) is 7.11 Å². The Hall–Kier alpha value is -3.32. The van der Waals surface area contributed by atoms with Gasteiger partial charge in [-0.15, -0.1) is 0 Å². The van der Waals surface area contributed by atoms with E-state index in [9.17, 15) is 9.59 Å². The number of carbonyl (C=O) groups excluding carboxylic acids is 2. The van der Waals surface area contributed by atoms with Crippen LogP contribution < -0.4 is 10.1 Å². The Morgan fingerprint density at radius 3 is 2.68 bits per heavy atom. The van der Waals surface area contributed by atoms with E-state index in [2.05, 4.69) is 15.5 Å². The molecule has 1 heterocycles. The summed E-state index contributed by atoms with van der Waals surface area (Å²) in [6.45, 7) is 1.88. The molecule has 3 rings (SSSR count). The number of methoxy groups -OCH3 is 1. The van der Waals surface area contributed by atoms with Gasteiger partial charge in [0.05, 0.1) is 13.7 Å². The van der Waals surface area contributed by atoms with Crippen molar-refractivity contribution in [3.8, 4) is 17.0 Å². The third-order valence-electron chi connectivity index (χ3n) is 3.91. The zero-order chi connectivity index (χ0) is 20.1. The van der Waals surface area contributed by atoms with Gasteiger partial charge >= 0.3 is 5.97 Å². The molecule has 7 nitrogen and oxygen atoms in total. The van der Waals surface area contributed by atoms with Crippen LogP contribution in [0.4, 0.5) is 5.69 Å². The lowest BCUT2D eigenvalue weighted by Crippen LogP contribution is -2.16. The van der Waals surface area contributed by atoms with Crippen molar-refractivity contribution in [1.82, 2.24) is 10.2 Å². The van der Waals surface area contributed by atoms with E-state index in [1.54, 1.807) is 55.5 Å². The number of aromatic nitrogens is 2. The summed E-state index contributed by atoms with van der Waals surface area (Å²) < 4.78 is 10.2. The highest BCUT2D eigenvalue weighted by molar-refractivity contribution is 6.30. The van der Waals surface area contributed by atoms with Gasteiger partial charge in [0.25, 0.3) is 5.91 Å². The highest BCUT2D eigenvalue weighted by Gasteiger charge is 2.23. The van der Waals surface area contributed by atoms with Gasteiger partial charge in [-0.2, -0.15) is 5.10 Å². The summed E-state index contributed by atoms with van der Waals surface area (Å²) in [5, 5.41) is 10.1. The van der Waals surface area contributed by atoms with Crippen molar-refractivity contribution in [1.29, 1.82) is 0 Å². The summed E-state index contributed by atoms with van der Waals surface area (Å²) in [5.74, 6) is -0.501. The van der Waals surface area contributed by atoms with Crippen molar-refractivity contribution in [2.75, 3.05) is 19.0 Å². The van der Waals surface area contributed by atoms with Gasteiger partial charge in [-0.3, -0.25) is 9.89 Å². The maximum Gasteiger partial charge on any atom is 0.358 e. The minimum atomic E-state index is -0.621. The molecule has 0 atom stereocenters. The first-order chi connectivity index (χ1) is 13.5. The second-order valence-corrected chi connectivity index (χ2v) is 6.18. The molecule has 0 bridgehead atoms. The lowest BCUT2D eigenvalue weighted by atomic mass is 10.1. The molecule has 0 unspecified atom stereocenters. The number of ether oxygens (including phenoxy) is 2. The minimum Gasteiger partial charge on any atom is -0.497 e. The summed E-state index contributed by atoms with van der Waals surface area (Å²) in [7, 11) is 1.52. The summed E-state index contributed by atoms with van der Waals surface area (Å²) >= 11 is 6.07. The quantitative estimate of drug-likeness (QED) is 0.607. The molecule has 0 aliphatic rings. The number of benzene rings is 2. The minimum absolute atomic E-state index is 0.0491. The van der Waals surface area contributed by atoms with Crippen molar-refractivity contribution >= 4 is 29.2 Å². The van der Waals surface area contributed by atoms with Crippen molar-refractivity contribution in [2.45, 2.75) is 6.92 Å². The van der Waals surface area contributed by atoms with Crippen molar-refractivity contribution in [3.63, 3.8) is 0 Å². The molecule has 3 aromatic rings. The van der Waals surface area contributed by atoms with E-state index in [-0.39, 0.29) is 18.0 Å². The van der Waals surface area contributed by atoms with Gasteiger partial charge in [0.15, 0.2) is 5.69 Å². The normalized spacial score (nSPS) is 10.4. The van der Waals surface area contributed by atoms with Gasteiger partial charge in [-0.25, -0.2) is 4.79 Å². The molecule has 0 fully saturated rings. The summed E-state index contributed by atoms with van der Waals surface area (Å²) in [6.07, 6.45) is 0. The molecule has 0 aliphatic heterocycles. The van der Waals surface area contributed by atoms with Crippen molar-refractivity contribution in [2.24, 2.45) is 0 Å². The number of anilines is 1. The number of carbonyl (C=O) groups is 2. The van der Waals surface area contributed by atoms with Crippen molar-refractivity contribution in [3.05, 3.63) is 64.8 Å². The van der Waals surface area contributed by atoms with Crippen LogP contribution in [0.15, 0.2) is 48.5 Å². The van der Waals surface area contributed by atoms with Gasteiger partial charge in [0.2, 0.25) is 0 Å². The monoisotopic (exact) mass is 399 g/mol. The number of amides is 1. The van der Waals surface area contributed by atoms with E-state index < -0.39 is 11.9 Å². The molecule has 2 aromatic carbocycles. The zero-order valence-corrected chi connectivity index (χ0v) is 16.0. The van der Waals surface area contributed by atoms with E-state index in [0.717, 1.165) is 0 Å². The fourth-order valence-electron chi connectivity index (χ4n) is 2.61. The summed E-state index contributed by atoms with van der Waals surface area (Å²) in [6, 6.07) is 13.6. The van der Waals surface area contributed by atoms with E-state index in [4.69, 9.17) is 21.1 Å². The van der Waals surface area contributed by atoms with E-state index in [1.807, 2.05) is 0 Å². The van der Waals surface area contributed by atoms with Crippen molar-refractivity contribution < 1.29 is 19.1 Å². The molecular formula is C20H18ClN3O4. The molecule has 0 saturated carbocycles. The molecule has 0 saturated heterocycles. The molecule has 8 heteroatoms. The predicted octanol–water partition coefficient (Wildman–Crippen LogP) is 4.17. The SMILES string of the molecule is CCOC(=O)c1[nH]nc(-c2cccc(Cl)c2)c1NC(=O)c1cccc(OC)c1. The number of H-pyrrole nitrogens is 1. The van der Waals surface area contributed by atoms with Crippen LogP contribution in [0.3, 0.4) is 0 Å². The Labute approximate surface area is 166 Å². The lowest BCUT2D eigenvalue weighted by Gasteiger charge is -2.09. The maximum atomic E-state index is 12.8. The van der Waals surface area contributed by atoms with Gasteiger partial charge in [0.1, 0.15) is 17.1 Å². The van der Waals surface area contributed by atoms with Gasteiger partial charge in [-0.1, -0.05) is 29.8 Å². The molecule has 0 radical (unpaired) electrons. The maximum absolute atomic E-state index is 12.8. The summed E-state index contributed by atoms with van der Waals surface area (Å²) in [5.41, 5.74) is 1.65. The van der Waals surface area contributed by atoms with Crippen LogP contribution in [-0.4, -0.2) is 35.8 Å². The largest absolute Gasteiger partial charge is 0.497 e. The number of hydrogen-bond acceptors (Lipinski definition) is 5. The van der Waals surface area contributed by atoms with Crippen LogP contribution in [0.2, 0.25) is 5.02 Å². The lowest BCUT2D eigenvalue weighted by molar-refractivity contribution is 0.0520. The number of nitrogens with zero attached hydrogens (tertiary/aromatic N) is 1. The fraction of sp³-hybridized carbons (Fsp3) is 0.150. The second kappa shape index (κ2) is 8.58. The van der Waals surface area contributed by atoms with E-state index in [0.29, 0.717) is 27.6 Å². The Kier molecular flexibility index (Phi) is 5.96. The van der Waals surface area contributed by atoms with Crippen LogP contribution in [0.5, 0.6) is 5.75 Å². The number of nitrogens with one attached hydrogen (secondary N) is 2. The molecule has 0 spiro atoms. The average Bonchev–Trinajstić information content (AvgIpc) is 3.11. The van der Waals surface area contributed by atoms with Crippen LogP contribution >= 0.6 is 11.6 Å². The predicted molar refractivity (Wildman–Crippen MR) is 106 cm³/mol. The smallest absolute Gasteiger partial charge is 0.358 e. The molecule has 28 heavy (non-hydrogen) atoms. The topological polar surface area (TPSA) is 93.3 Å². The Bertz CT molecular complexity index is 1020. The first-order valence-corrected chi connectivity index (χ1v) is 8.88. The molecule has 1 aromatic heterocycles. The number of rotatable bonds is 6. The number of halogens is 1. The van der Waals surface area contributed by atoms with Gasteiger partial charge in [-0.05, 0) is 37.3 Å². The first-order valence-electron chi connectivity index (χ1n) is 8.50. The van der Waals surface area contributed by atoms with E-state index >= 15 is 0 Å². The number of aromatic amines is 1. The zero-order valence-electron chi connectivity index (χ0n) is 15.3. The summed E-state index contributed by atoms with van der Waals surface area (Å²) in [4.78, 5) is 25.1. The first kappa shape index (κ1) is 19.4. The third kappa shape index (κ3) is 4.15. The van der Waals surface area contributed by atoms with Crippen LogP contribution in [0, 0.1) is 0 Å². The van der Waals surface area contributed by atoms with Gasteiger partial charge in [0, 0.05) is 16.1 Å². The second-order valence-electron chi connectivity index (χ2n) is 5.74. The average molecular weight is 400 g/mol. The molecule has 1 amide bonds. The van der Waals surface area contributed by atoms with Gasteiger partial charge < -0.3 is 14.8 Å². The number of esters is 1. The standard InChI is InChI=1S/C20H18ClN3O4/c1-3-28-20(26)18-17(16(23-24-18)12-6-4-8-14(21)10-12)22-19(25)13-7-5-9-15(11-13)27-2/h4-11H,3H2,1-2H3,(H,22,25)(H,23,24). The number of hydrogen-bond donors (Lipinski definition) is 2.